The van der Waals surface area contributed by atoms with Crippen molar-refractivity contribution in [2.45, 2.75) is 24.7 Å². The number of hydrogen-bond donors (Lipinski definition) is 1. The Morgan fingerprint density at radius 1 is 1.00 bits per heavy atom. The van der Waals surface area contributed by atoms with Gasteiger partial charge >= 0.3 is 0 Å². The summed E-state index contributed by atoms with van der Waals surface area (Å²) < 4.78 is 52.6. The van der Waals surface area contributed by atoms with E-state index in [1.807, 2.05) is 0 Å². The molecule has 1 fully saturated rings. The molecule has 8 nitrogen and oxygen atoms in total. The fourth-order valence-electron chi connectivity index (χ4n) is 2.71. The smallest absolute Gasteiger partial charge is 0.240 e. The Bertz CT molecular complexity index is 802. The molecule has 0 bridgehead atoms. The normalized spacial score (nSPS) is 16.6. The average Bonchev–Trinajstić information content (AvgIpc) is 2.62. The standard InChI is InChI=1S/C16H25N3O5S2/c1-15(20)18-10-12-19(13-11-18)25(21,22)14-6-5-9-17-26(23,24)16-7-3-2-4-8-16/h2-4,7-8,17H,5-6,9-14H2,1H3. The van der Waals surface area contributed by atoms with Crippen LogP contribution in [-0.2, 0) is 24.8 Å². The molecule has 1 aliphatic rings. The second-order valence-electron chi connectivity index (χ2n) is 6.14. The lowest BCUT2D eigenvalue weighted by Gasteiger charge is -2.33. The van der Waals surface area contributed by atoms with E-state index in [1.54, 1.807) is 23.1 Å². The first kappa shape index (κ1) is 20.8. The van der Waals surface area contributed by atoms with Crippen LogP contribution in [-0.4, -0.2) is 70.4 Å². The molecule has 0 radical (unpaired) electrons. The lowest BCUT2D eigenvalue weighted by molar-refractivity contribution is -0.129. The molecule has 1 heterocycles. The van der Waals surface area contributed by atoms with Crippen molar-refractivity contribution in [2.75, 3.05) is 38.5 Å². The van der Waals surface area contributed by atoms with Crippen LogP contribution < -0.4 is 4.72 Å². The summed E-state index contributed by atoms with van der Waals surface area (Å²) in [6.07, 6.45) is 0.797. The van der Waals surface area contributed by atoms with E-state index in [-0.39, 0.29) is 23.1 Å². The van der Waals surface area contributed by atoms with E-state index in [0.717, 1.165) is 0 Å². The number of benzene rings is 1. The average molecular weight is 404 g/mol. The third-order valence-electron chi connectivity index (χ3n) is 4.25. The molecular formula is C16H25N3O5S2. The Morgan fingerprint density at radius 2 is 1.62 bits per heavy atom. The zero-order chi connectivity index (χ0) is 19.2. The predicted molar refractivity (Wildman–Crippen MR) is 98.5 cm³/mol. The van der Waals surface area contributed by atoms with Crippen molar-refractivity contribution in [3.63, 3.8) is 0 Å². The van der Waals surface area contributed by atoms with Gasteiger partial charge in [-0.15, -0.1) is 0 Å². The first-order valence-corrected chi connectivity index (χ1v) is 11.6. The highest BCUT2D eigenvalue weighted by Gasteiger charge is 2.27. The van der Waals surface area contributed by atoms with E-state index in [9.17, 15) is 21.6 Å². The fourth-order valence-corrected chi connectivity index (χ4v) is 5.35. The summed E-state index contributed by atoms with van der Waals surface area (Å²) in [5.74, 6) is -0.0760. The minimum atomic E-state index is -3.56. The Hall–Kier alpha value is -1.49. The topological polar surface area (TPSA) is 104 Å². The molecule has 0 unspecified atom stereocenters. The first-order chi connectivity index (χ1) is 12.2. The van der Waals surface area contributed by atoms with Gasteiger partial charge in [-0.2, -0.15) is 4.31 Å². The second kappa shape index (κ2) is 8.94. The van der Waals surface area contributed by atoms with Crippen molar-refractivity contribution in [1.82, 2.24) is 13.9 Å². The van der Waals surface area contributed by atoms with Crippen LogP contribution in [0.25, 0.3) is 0 Å². The SMILES string of the molecule is CC(=O)N1CCN(S(=O)(=O)CCCCNS(=O)(=O)c2ccccc2)CC1. The molecule has 1 aromatic rings. The summed E-state index contributed by atoms with van der Waals surface area (Å²) in [7, 11) is -6.94. The number of rotatable bonds is 8. The molecule has 1 amide bonds. The van der Waals surface area contributed by atoms with E-state index in [1.165, 1.54) is 23.4 Å². The maximum atomic E-state index is 12.3. The number of amides is 1. The molecule has 1 aliphatic heterocycles. The van der Waals surface area contributed by atoms with Crippen molar-refractivity contribution in [3.8, 4) is 0 Å². The second-order valence-corrected chi connectivity index (χ2v) is 9.99. The molecule has 146 valence electrons. The number of hydrogen-bond acceptors (Lipinski definition) is 5. The number of unbranched alkanes of at least 4 members (excludes halogenated alkanes) is 1. The van der Waals surface area contributed by atoms with E-state index in [0.29, 0.717) is 39.0 Å². The predicted octanol–water partition coefficient (Wildman–Crippen LogP) is 0.239. The molecule has 26 heavy (non-hydrogen) atoms. The quantitative estimate of drug-likeness (QED) is 0.626. The molecule has 0 saturated carbocycles. The number of carbonyl (C=O) groups is 1. The Labute approximate surface area is 155 Å². The highest BCUT2D eigenvalue weighted by Crippen LogP contribution is 2.11. The van der Waals surface area contributed by atoms with Gasteiger partial charge in [-0.1, -0.05) is 18.2 Å². The molecule has 1 aromatic carbocycles. The van der Waals surface area contributed by atoms with Crippen LogP contribution in [0, 0.1) is 0 Å². The van der Waals surface area contributed by atoms with Crippen molar-refractivity contribution in [1.29, 1.82) is 0 Å². The molecule has 0 spiro atoms. The van der Waals surface area contributed by atoms with Crippen LogP contribution in [0.4, 0.5) is 0 Å². The number of nitrogens with one attached hydrogen (secondary N) is 1. The Balaban J connectivity index is 1.73. The molecule has 0 atom stereocenters. The summed E-state index contributed by atoms with van der Waals surface area (Å²) in [5, 5.41) is 0. The van der Waals surface area contributed by atoms with Gasteiger partial charge in [0.25, 0.3) is 0 Å². The highest BCUT2D eigenvalue weighted by atomic mass is 32.2. The monoisotopic (exact) mass is 403 g/mol. The van der Waals surface area contributed by atoms with Gasteiger partial charge in [0, 0.05) is 39.6 Å². The molecule has 1 saturated heterocycles. The summed E-state index contributed by atoms with van der Waals surface area (Å²) in [6, 6.07) is 8.04. The van der Waals surface area contributed by atoms with Crippen LogP contribution in [0.2, 0.25) is 0 Å². The van der Waals surface area contributed by atoms with Crippen LogP contribution in [0.5, 0.6) is 0 Å². The third-order valence-corrected chi connectivity index (χ3v) is 7.69. The van der Waals surface area contributed by atoms with Gasteiger partial charge < -0.3 is 4.90 Å². The van der Waals surface area contributed by atoms with E-state index < -0.39 is 20.0 Å². The fraction of sp³-hybridized carbons (Fsp3) is 0.562. The van der Waals surface area contributed by atoms with E-state index >= 15 is 0 Å². The maximum Gasteiger partial charge on any atom is 0.240 e. The minimum absolute atomic E-state index is 0.0276. The van der Waals surface area contributed by atoms with Crippen molar-refractivity contribution in [3.05, 3.63) is 30.3 Å². The Morgan fingerprint density at radius 3 is 2.19 bits per heavy atom. The lowest BCUT2D eigenvalue weighted by atomic mass is 10.3. The van der Waals surface area contributed by atoms with Crippen LogP contribution >= 0.6 is 0 Å². The van der Waals surface area contributed by atoms with Gasteiger partial charge in [0.15, 0.2) is 0 Å². The number of sulfonamides is 2. The van der Waals surface area contributed by atoms with E-state index in [4.69, 9.17) is 0 Å². The molecule has 10 heteroatoms. The summed E-state index contributed by atoms with van der Waals surface area (Å²) >= 11 is 0. The zero-order valence-electron chi connectivity index (χ0n) is 14.8. The van der Waals surface area contributed by atoms with Crippen LogP contribution in [0.1, 0.15) is 19.8 Å². The van der Waals surface area contributed by atoms with Gasteiger partial charge in [0.05, 0.1) is 10.6 Å². The number of piperazine rings is 1. The highest BCUT2D eigenvalue weighted by molar-refractivity contribution is 7.89. The van der Waals surface area contributed by atoms with Crippen molar-refractivity contribution < 1.29 is 21.6 Å². The van der Waals surface area contributed by atoms with Gasteiger partial charge in [0.1, 0.15) is 0 Å². The van der Waals surface area contributed by atoms with Gasteiger partial charge in [-0.3, -0.25) is 4.79 Å². The zero-order valence-corrected chi connectivity index (χ0v) is 16.4. The lowest BCUT2D eigenvalue weighted by Crippen LogP contribution is -2.50. The summed E-state index contributed by atoms with van der Waals surface area (Å²) in [4.78, 5) is 13.1. The third kappa shape index (κ3) is 5.76. The molecular weight excluding hydrogens is 378 g/mol. The van der Waals surface area contributed by atoms with Gasteiger partial charge in [-0.25, -0.2) is 21.6 Å². The van der Waals surface area contributed by atoms with Crippen LogP contribution in [0.3, 0.4) is 0 Å². The summed E-state index contributed by atoms with van der Waals surface area (Å²) in [6.45, 7) is 3.09. The van der Waals surface area contributed by atoms with E-state index in [2.05, 4.69) is 4.72 Å². The maximum absolute atomic E-state index is 12.3. The van der Waals surface area contributed by atoms with Crippen LogP contribution in [0.15, 0.2) is 35.2 Å². The number of carbonyl (C=O) groups excluding carboxylic acids is 1. The first-order valence-electron chi connectivity index (χ1n) is 8.50. The molecule has 0 aliphatic carbocycles. The van der Waals surface area contributed by atoms with Gasteiger partial charge in [-0.05, 0) is 25.0 Å². The van der Waals surface area contributed by atoms with Gasteiger partial charge in [0.2, 0.25) is 26.0 Å². The summed E-state index contributed by atoms with van der Waals surface area (Å²) in [5.41, 5.74) is 0. The van der Waals surface area contributed by atoms with Crippen molar-refractivity contribution >= 4 is 26.0 Å². The van der Waals surface area contributed by atoms with Crippen molar-refractivity contribution in [2.24, 2.45) is 0 Å². The molecule has 2 rings (SSSR count). The molecule has 0 aromatic heterocycles. The minimum Gasteiger partial charge on any atom is -0.340 e. The molecule has 1 N–H and O–H groups in total. The Kier molecular flexibility index (Phi) is 7.16. The largest absolute Gasteiger partial charge is 0.340 e. The number of nitrogens with zero attached hydrogens (tertiary/aromatic N) is 2.